The Morgan fingerprint density at radius 1 is 1.05 bits per heavy atom. The SMILES string of the molecule is CCCCCCn1ccc2cccc(CNCC)c21. The van der Waals surface area contributed by atoms with Crippen LogP contribution in [0.1, 0.15) is 45.1 Å². The minimum absolute atomic E-state index is 0.965. The molecular weight excluding hydrogens is 232 g/mol. The second-order valence-corrected chi connectivity index (χ2v) is 5.21. The molecule has 0 saturated heterocycles. The van der Waals surface area contributed by atoms with Gasteiger partial charge in [0.1, 0.15) is 0 Å². The normalized spacial score (nSPS) is 11.3. The van der Waals surface area contributed by atoms with Gasteiger partial charge >= 0.3 is 0 Å². The van der Waals surface area contributed by atoms with Crippen LogP contribution in [-0.2, 0) is 13.1 Å². The molecule has 0 spiro atoms. The lowest BCUT2D eigenvalue weighted by Gasteiger charge is -2.10. The van der Waals surface area contributed by atoms with Crippen molar-refractivity contribution < 1.29 is 0 Å². The minimum atomic E-state index is 0.965. The third-order valence-electron chi connectivity index (χ3n) is 3.69. The first-order valence-electron chi connectivity index (χ1n) is 7.64. The molecule has 0 aliphatic carbocycles. The molecule has 2 rings (SSSR count). The van der Waals surface area contributed by atoms with Crippen LogP contribution in [0.5, 0.6) is 0 Å². The summed E-state index contributed by atoms with van der Waals surface area (Å²) in [4.78, 5) is 0. The van der Waals surface area contributed by atoms with Gasteiger partial charge in [-0.1, -0.05) is 51.3 Å². The Balaban J connectivity index is 2.14. The largest absolute Gasteiger partial charge is 0.347 e. The van der Waals surface area contributed by atoms with Crippen molar-refractivity contribution in [3.05, 3.63) is 36.0 Å². The van der Waals surface area contributed by atoms with E-state index in [2.05, 4.69) is 54.2 Å². The molecule has 0 fully saturated rings. The quantitative estimate of drug-likeness (QED) is 0.697. The van der Waals surface area contributed by atoms with Gasteiger partial charge in [-0.25, -0.2) is 0 Å². The number of aryl methyl sites for hydroxylation is 1. The molecular formula is C17H26N2. The molecule has 0 amide bonds. The lowest BCUT2D eigenvalue weighted by molar-refractivity contribution is 0.592. The Morgan fingerprint density at radius 3 is 2.74 bits per heavy atom. The number of rotatable bonds is 8. The molecule has 2 heteroatoms. The van der Waals surface area contributed by atoms with E-state index in [1.54, 1.807) is 0 Å². The molecule has 0 bridgehead atoms. The van der Waals surface area contributed by atoms with E-state index >= 15 is 0 Å². The van der Waals surface area contributed by atoms with Crippen molar-refractivity contribution in [1.29, 1.82) is 0 Å². The number of hydrogen-bond acceptors (Lipinski definition) is 1. The molecule has 1 aromatic carbocycles. The lowest BCUT2D eigenvalue weighted by atomic mass is 10.1. The van der Waals surface area contributed by atoms with E-state index in [0.29, 0.717) is 0 Å². The topological polar surface area (TPSA) is 17.0 Å². The van der Waals surface area contributed by atoms with Crippen molar-refractivity contribution >= 4 is 10.9 Å². The average Bonchev–Trinajstić information content (AvgIpc) is 2.85. The smallest absolute Gasteiger partial charge is 0.0525 e. The minimum Gasteiger partial charge on any atom is -0.347 e. The monoisotopic (exact) mass is 258 g/mol. The number of unbranched alkanes of at least 4 members (excludes halogenated alkanes) is 3. The summed E-state index contributed by atoms with van der Waals surface area (Å²) >= 11 is 0. The van der Waals surface area contributed by atoms with Crippen molar-refractivity contribution in [2.45, 2.75) is 52.6 Å². The Morgan fingerprint density at radius 2 is 1.95 bits per heavy atom. The molecule has 19 heavy (non-hydrogen) atoms. The zero-order chi connectivity index (χ0) is 13.5. The van der Waals surface area contributed by atoms with Gasteiger partial charge in [0.15, 0.2) is 0 Å². The van der Waals surface area contributed by atoms with E-state index in [1.165, 1.54) is 42.1 Å². The fraction of sp³-hybridized carbons (Fsp3) is 0.529. The third kappa shape index (κ3) is 3.60. The van der Waals surface area contributed by atoms with Gasteiger partial charge in [-0.2, -0.15) is 0 Å². The van der Waals surface area contributed by atoms with Crippen molar-refractivity contribution in [3.8, 4) is 0 Å². The Kier molecular flexibility index (Phi) is 5.46. The van der Waals surface area contributed by atoms with E-state index in [1.807, 2.05) is 0 Å². The van der Waals surface area contributed by atoms with Gasteiger partial charge in [-0.15, -0.1) is 0 Å². The van der Waals surface area contributed by atoms with Crippen LogP contribution in [0, 0.1) is 0 Å². The molecule has 0 aliphatic heterocycles. The highest BCUT2D eigenvalue weighted by atomic mass is 15.0. The fourth-order valence-corrected chi connectivity index (χ4v) is 2.64. The second-order valence-electron chi connectivity index (χ2n) is 5.21. The predicted molar refractivity (Wildman–Crippen MR) is 83.5 cm³/mol. The van der Waals surface area contributed by atoms with Crippen LogP contribution in [0.4, 0.5) is 0 Å². The number of fused-ring (bicyclic) bond motifs is 1. The average molecular weight is 258 g/mol. The number of hydrogen-bond donors (Lipinski definition) is 1. The fourth-order valence-electron chi connectivity index (χ4n) is 2.64. The lowest BCUT2D eigenvalue weighted by Crippen LogP contribution is -2.12. The molecule has 0 unspecified atom stereocenters. The van der Waals surface area contributed by atoms with Crippen molar-refractivity contribution in [3.63, 3.8) is 0 Å². The summed E-state index contributed by atoms with van der Waals surface area (Å²) in [6.07, 6.45) is 7.52. The summed E-state index contributed by atoms with van der Waals surface area (Å²) in [5.74, 6) is 0. The van der Waals surface area contributed by atoms with Crippen LogP contribution in [0.3, 0.4) is 0 Å². The van der Waals surface area contributed by atoms with Crippen LogP contribution in [0.25, 0.3) is 10.9 Å². The molecule has 0 radical (unpaired) electrons. The van der Waals surface area contributed by atoms with E-state index in [0.717, 1.165) is 19.6 Å². The van der Waals surface area contributed by atoms with Gasteiger partial charge < -0.3 is 9.88 Å². The van der Waals surface area contributed by atoms with E-state index in [9.17, 15) is 0 Å². The Bertz CT molecular complexity index is 499. The van der Waals surface area contributed by atoms with Crippen LogP contribution < -0.4 is 5.32 Å². The number of benzene rings is 1. The molecule has 2 nitrogen and oxygen atoms in total. The second kappa shape index (κ2) is 7.34. The summed E-state index contributed by atoms with van der Waals surface area (Å²) in [5, 5.41) is 4.80. The molecule has 2 aromatic rings. The maximum Gasteiger partial charge on any atom is 0.0525 e. The molecule has 0 saturated carbocycles. The number of nitrogens with zero attached hydrogens (tertiary/aromatic N) is 1. The highest BCUT2D eigenvalue weighted by molar-refractivity contribution is 5.83. The highest BCUT2D eigenvalue weighted by Crippen LogP contribution is 2.21. The van der Waals surface area contributed by atoms with Gasteiger partial charge in [0, 0.05) is 19.3 Å². The number of aromatic nitrogens is 1. The summed E-state index contributed by atoms with van der Waals surface area (Å²) in [5.41, 5.74) is 2.83. The molecule has 0 atom stereocenters. The molecule has 1 aromatic heterocycles. The standard InChI is InChI=1S/C17H26N2/c1-3-5-6-7-12-19-13-11-15-9-8-10-16(17(15)19)14-18-4-2/h8-11,13,18H,3-7,12,14H2,1-2H3. The van der Waals surface area contributed by atoms with Crippen LogP contribution >= 0.6 is 0 Å². The van der Waals surface area contributed by atoms with Gasteiger partial charge in [-0.05, 0) is 30.0 Å². The summed E-state index contributed by atoms with van der Waals surface area (Å²) in [6.45, 7) is 7.55. The zero-order valence-electron chi connectivity index (χ0n) is 12.3. The van der Waals surface area contributed by atoms with E-state index < -0.39 is 0 Å². The highest BCUT2D eigenvalue weighted by Gasteiger charge is 2.05. The predicted octanol–water partition coefficient (Wildman–Crippen LogP) is 4.33. The van der Waals surface area contributed by atoms with Gasteiger partial charge in [0.2, 0.25) is 0 Å². The first kappa shape index (κ1) is 14.1. The van der Waals surface area contributed by atoms with Gasteiger partial charge in [-0.3, -0.25) is 0 Å². The van der Waals surface area contributed by atoms with Crippen LogP contribution in [0.2, 0.25) is 0 Å². The van der Waals surface area contributed by atoms with Crippen molar-refractivity contribution in [2.24, 2.45) is 0 Å². The van der Waals surface area contributed by atoms with Crippen LogP contribution in [-0.4, -0.2) is 11.1 Å². The summed E-state index contributed by atoms with van der Waals surface area (Å²) < 4.78 is 2.43. The maximum atomic E-state index is 3.44. The van der Waals surface area contributed by atoms with E-state index in [4.69, 9.17) is 0 Å². The first-order valence-corrected chi connectivity index (χ1v) is 7.64. The summed E-state index contributed by atoms with van der Waals surface area (Å²) in [6, 6.07) is 8.86. The first-order chi connectivity index (χ1) is 9.36. The number of para-hydroxylation sites is 1. The van der Waals surface area contributed by atoms with Crippen LogP contribution in [0.15, 0.2) is 30.5 Å². The molecule has 1 heterocycles. The van der Waals surface area contributed by atoms with Gasteiger partial charge in [0.25, 0.3) is 0 Å². The molecule has 0 aliphatic rings. The molecule has 1 N–H and O–H groups in total. The van der Waals surface area contributed by atoms with Gasteiger partial charge in [0.05, 0.1) is 5.52 Å². The summed E-state index contributed by atoms with van der Waals surface area (Å²) in [7, 11) is 0. The third-order valence-corrected chi connectivity index (χ3v) is 3.69. The Hall–Kier alpha value is -1.28. The maximum absolute atomic E-state index is 3.44. The zero-order valence-corrected chi connectivity index (χ0v) is 12.3. The Labute approximate surface area is 116 Å². The van der Waals surface area contributed by atoms with Crippen molar-refractivity contribution in [1.82, 2.24) is 9.88 Å². The number of nitrogens with one attached hydrogen (secondary N) is 1. The molecule has 104 valence electrons. The van der Waals surface area contributed by atoms with E-state index in [-0.39, 0.29) is 0 Å². The van der Waals surface area contributed by atoms with Crippen molar-refractivity contribution in [2.75, 3.05) is 6.54 Å².